The number of carbonyl (C=O) groups excluding carboxylic acids is 2. The van der Waals surface area contributed by atoms with Crippen LogP contribution in [0.15, 0.2) is 72.8 Å². The third-order valence-corrected chi connectivity index (χ3v) is 4.50. The fourth-order valence-electron chi connectivity index (χ4n) is 2.90. The minimum absolute atomic E-state index is 0.199. The molecule has 4 nitrogen and oxygen atoms in total. The molecule has 0 fully saturated rings. The number of nitrogens with one attached hydrogen (secondary N) is 2. The molecule has 4 heteroatoms. The largest absolute Gasteiger partial charge is 0.348 e. The Kier molecular flexibility index (Phi) is 6.22. The monoisotopic (exact) mass is 372 g/mol. The van der Waals surface area contributed by atoms with Gasteiger partial charge < -0.3 is 10.6 Å². The molecule has 2 amide bonds. The van der Waals surface area contributed by atoms with E-state index in [1.165, 1.54) is 5.56 Å². The second-order valence-corrected chi connectivity index (χ2v) is 6.92. The lowest BCUT2D eigenvalue weighted by Crippen LogP contribution is -2.25. The summed E-state index contributed by atoms with van der Waals surface area (Å²) in [5.41, 5.74) is 5.34. The van der Waals surface area contributed by atoms with Crippen LogP contribution in [0.25, 0.3) is 0 Å². The van der Waals surface area contributed by atoms with Crippen molar-refractivity contribution in [1.82, 2.24) is 10.6 Å². The molecule has 0 bridgehead atoms. The van der Waals surface area contributed by atoms with E-state index in [0.717, 1.165) is 16.7 Å². The Balaban J connectivity index is 1.59. The first-order valence-corrected chi connectivity index (χ1v) is 9.29. The molecule has 0 aromatic heterocycles. The van der Waals surface area contributed by atoms with E-state index in [2.05, 4.69) is 10.6 Å². The van der Waals surface area contributed by atoms with E-state index >= 15 is 0 Å². The highest BCUT2D eigenvalue weighted by Gasteiger charge is 2.10. The van der Waals surface area contributed by atoms with E-state index < -0.39 is 0 Å². The van der Waals surface area contributed by atoms with Gasteiger partial charge in [0.25, 0.3) is 11.8 Å². The summed E-state index contributed by atoms with van der Waals surface area (Å²) in [5, 5.41) is 5.80. The average molecular weight is 372 g/mol. The molecule has 0 saturated carbocycles. The minimum atomic E-state index is -0.200. The van der Waals surface area contributed by atoms with E-state index in [1.807, 2.05) is 62.4 Å². The van der Waals surface area contributed by atoms with Gasteiger partial charge in [-0.1, -0.05) is 65.7 Å². The topological polar surface area (TPSA) is 58.2 Å². The first-order chi connectivity index (χ1) is 13.5. The molecule has 0 unspecified atom stereocenters. The highest BCUT2D eigenvalue weighted by Crippen LogP contribution is 2.08. The molecule has 28 heavy (non-hydrogen) atoms. The van der Waals surface area contributed by atoms with Crippen molar-refractivity contribution in [2.24, 2.45) is 0 Å². The lowest BCUT2D eigenvalue weighted by Gasteiger charge is -2.09. The lowest BCUT2D eigenvalue weighted by atomic mass is 10.1. The van der Waals surface area contributed by atoms with Gasteiger partial charge in [-0.3, -0.25) is 9.59 Å². The summed E-state index contributed by atoms with van der Waals surface area (Å²) >= 11 is 0. The summed E-state index contributed by atoms with van der Waals surface area (Å²) in [7, 11) is 0. The van der Waals surface area contributed by atoms with Crippen LogP contribution in [0.2, 0.25) is 0 Å². The van der Waals surface area contributed by atoms with Crippen LogP contribution in [0.5, 0.6) is 0 Å². The summed E-state index contributed by atoms with van der Waals surface area (Å²) in [6.45, 7) is 4.94. The lowest BCUT2D eigenvalue weighted by molar-refractivity contribution is 0.0950. The molecular formula is C24H24N2O2. The van der Waals surface area contributed by atoms with Crippen molar-refractivity contribution in [2.45, 2.75) is 26.9 Å². The van der Waals surface area contributed by atoms with E-state index in [9.17, 15) is 9.59 Å². The van der Waals surface area contributed by atoms with Crippen molar-refractivity contribution >= 4 is 11.8 Å². The maximum Gasteiger partial charge on any atom is 0.251 e. The van der Waals surface area contributed by atoms with Crippen LogP contribution in [-0.2, 0) is 13.1 Å². The summed E-state index contributed by atoms with van der Waals surface area (Å²) < 4.78 is 0. The van der Waals surface area contributed by atoms with Gasteiger partial charge in [0.15, 0.2) is 0 Å². The zero-order valence-corrected chi connectivity index (χ0v) is 16.2. The Bertz CT molecular complexity index is 978. The van der Waals surface area contributed by atoms with Gasteiger partial charge in [-0.05, 0) is 43.2 Å². The zero-order valence-electron chi connectivity index (χ0n) is 16.2. The third-order valence-electron chi connectivity index (χ3n) is 4.50. The number of carbonyl (C=O) groups is 2. The van der Waals surface area contributed by atoms with Crippen LogP contribution in [0.3, 0.4) is 0 Å². The van der Waals surface area contributed by atoms with Crippen molar-refractivity contribution in [2.75, 3.05) is 0 Å². The average Bonchev–Trinajstić information content (AvgIpc) is 2.71. The molecule has 3 aromatic rings. The number of rotatable bonds is 6. The number of hydrogen-bond donors (Lipinski definition) is 2. The van der Waals surface area contributed by atoms with Gasteiger partial charge in [0.1, 0.15) is 0 Å². The predicted octanol–water partition coefficient (Wildman–Crippen LogP) is 4.16. The molecule has 0 heterocycles. The molecule has 0 aliphatic heterocycles. The number of amides is 2. The first-order valence-electron chi connectivity index (χ1n) is 9.29. The quantitative estimate of drug-likeness (QED) is 0.682. The van der Waals surface area contributed by atoms with Gasteiger partial charge in [0.2, 0.25) is 0 Å². The number of hydrogen-bond acceptors (Lipinski definition) is 2. The van der Waals surface area contributed by atoms with E-state index in [4.69, 9.17) is 0 Å². The highest BCUT2D eigenvalue weighted by atomic mass is 16.2. The summed E-state index contributed by atoms with van der Waals surface area (Å²) in [6, 6.07) is 22.8. The molecule has 0 aliphatic carbocycles. The molecule has 3 rings (SSSR count). The van der Waals surface area contributed by atoms with Crippen molar-refractivity contribution < 1.29 is 9.59 Å². The molecule has 0 atom stereocenters. The first kappa shape index (κ1) is 19.4. The second-order valence-electron chi connectivity index (χ2n) is 6.92. The van der Waals surface area contributed by atoms with Crippen LogP contribution in [-0.4, -0.2) is 11.8 Å². The van der Waals surface area contributed by atoms with Crippen LogP contribution in [0.4, 0.5) is 0 Å². The maximum absolute atomic E-state index is 12.4. The Morgan fingerprint density at radius 3 is 1.82 bits per heavy atom. The zero-order chi connectivity index (χ0) is 19.9. The predicted molar refractivity (Wildman–Crippen MR) is 111 cm³/mol. The fraction of sp³-hybridized carbons (Fsp3) is 0.167. The minimum Gasteiger partial charge on any atom is -0.348 e. The van der Waals surface area contributed by atoms with Gasteiger partial charge in [-0.25, -0.2) is 0 Å². The van der Waals surface area contributed by atoms with Crippen LogP contribution >= 0.6 is 0 Å². The van der Waals surface area contributed by atoms with Crippen molar-refractivity contribution in [3.05, 3.63) is 106 Å². The second kappa shape index (κ2) is 9.00. The Labute approximate surface area is 165 Å². The van der Waals surface area contributed by atoms with Crippen molar-refractivity contribution in [3.8, 4) is 0 Å². The summed E-state index contributed by atoms with van der Waals surface area (Å²) in [6.07, 6.45) is 0. The SMILES string of the molecule is Cc1ccc(CNC(=O)c2cccc(C(=O)NCc3cccc(C)c3)c2)cc1. The van der Waals surface area contributed by atoms with Crippen molar-refractivity contribution in [3.63, 3.8) is 0 Å². The molecule has 3 aromatic carbocycles. The Morgan fingerprint density at radius 1 is 0.643 bits per heavy atom. The highest BCUT2D eigenvalue weighted by molar-refractivity contribution is 5.99. The Morgan fingerprint density at radius 2 is 1.21 bits per heavy atom. The molecular weight excluding hydrogens is 348 g/mol. The molecule has 0 aliphatic rings. The number of benzene rings is 3. The Hall–Kier alpha value is -3.40. The smallest absolute Gasteiger partial charge is 0.251 e. The molecule has 2 N–H and O–H groups in total. The van der Waals surface area contributed by atoms with Crippen LogP contribution < -0.4 is 10.6 Å². The van der Waals surface area contributed by atoms with Crippen LogP contribution in [0, 0.1) is 13.8 Å². The standard InChI is InChI=1S/C24H24N2O2/c1-17-9-11-19(12-10-17)15-25-23(27)21-7-4-8-22(14-21)24(28)26-16-20-6-3-5-18(2)13-20/h3-14H,15-16H2,1-2H3,(H,25,27)(H,26,28). The van der Waals surface area contributed by atoms with Crippen LogP contribution in [0.1, 0.15) is 43.0 Å². The van der Waals surface area contributed by atoms with E-state index in [0.29, 0.717) is 24.2 Å². The van der Waals surface area contributed by atoms with Gasteiger partial charge in [0.05, 0.1) is 0 Å². The van der Waals surface area contributed by atoms with Gasteiger partial charge in [-0.15, -0.1) is 0 Å². The molecule has 0 radical (unpaired) electrons. The normalized spacial score (nSPS) is 10.4. The third kappa shape index (κ3) is 5.30. The fourth-order valence-corrected chi connectivity index (χ4v) is 2.90. The van der Waals surface area contributed by atoms with Gasteiger partial charge >= 0.3 is 0 Å². The summed E-state index contributed by atoms with van der Waals surface area (Å²) in [5.74, 6) is -0.399. The van der Waals surface area contributed by atoms with E-state index in [-0.39, 0.29) is 11.8 Å². The van der Waals surface area contributed by atoms with Gasteiger partial charge in [-0.2, -0.15) is 0 Å². The summed E-state index contributed by atoms with van der Waals surface area (Å²) in [4.78, 5) is 24.9. The molecule has 142 valence electrons. The number of aryl methyl sites for hydroxylation is 2. The van der Waals surface area contributed by atoms with E-state index in [1.54, 1.807) is 24.3 Å². The van der Waals surface area contributed by atoms with Gasteiger partial charge in [0, 0.05) is 24.2 Å². The molecule has 0 spiro atoms. The molecule has 0 saturated heterocycles. The maximum atomic E-state index is 12.4. The van der Waals surface area contributed by atoms with Crippen molar-refractivity contribution in [1.29, 1.82) is 0 Å².